The fraction of sp³-hybridized carbons (Fsp3) is 0.208. The van der Waals surface area contributed by atoms with Crippen molar-refractivity contribution in [2.75, 3.05) is 30.1 Å². The Hall–Kier alpha value is -3.59. The largest absolute Gasteiger partial charge is 0.493 e. The highest BCUT2D eigenvalue weighted by atomic mass is 32.2. The highest BCUT2D eigenvalue weighted by Gasteiger charge is 2.27. The SMILES string of the molecule is COc1cc(C(=O)Nc2cc(F)ccc2C)c(N(Cc2ccccc2)S(C)(=O)=O)cc1OC. The second-order valence-electron chi connectivity index (χ2n) is 7.39. The van der Waals surface area contributed by atoms with Gasteiger partial charge in [-0.1, -0.05) is 36.4 Å². The van der Waals surface area contributed by atoms with Gasteiger partial charge >= 0.3 is 0 Å². The number of halogens is 1. The number of nitrogens with one attached hydrogen (secondary N) is 1. The lowest BCUT2D eigenvalue weighted by Gasteiger charge is -2.26. The van der Waals surface area contributed by atoms with Crippen LogP contribution in [0.25, 0.3) is 0 Å². The Morgan fingerprint density at radius 3 is 2.24 bits per heavy atom. The number of methoxy groups -OCH3 is 2. The lowest BCUT2D eigenvalue weighted by molar-refractivity contribution is 0.102. The summed E-state index contributed by atoms with van der Waals surface area (Å²) in [5.41, 5.74) is 1.78. The number of carbonyl (C=O) groups excluding carboxylic acids is 1. The molecule has 0 unspecified atom stereocenters. The average Bonchev–Trinajstić information content (AvgIpc) is 2.79. The Bertz CT molecular complexity index is 1260. The molecule has 0 atom stereocenters. The van der Waals surface area contributed by atoms with Crippen LogP contribution in [0.2, 0.25) is 0 Å². The molecule has 1 amide bonds. The van der Waals surface area contributed by atoms with Crippen LogP contribution in [-0.2, 0) is 16.6 Å². The minimum Gasteiger partial charge on any atom is -0.493 e. The maximum atomic E-state index is 13.7. The van der Waals surface area contributed by atoms with Crippen LogP contribution in [-0.4, -0.2) is 34.8 Å². The highest BCUT2D eigenvalue weighted by molar-refractivity contribution is 7.92. The van der Waals surface area contributed by atoms with E-state index in [2.05, 4.69) is 5.32 Å². The van der Waals surface area contributed by atoms with Crippen molar-refractivity contribution in [1.29, 1.82) is 0 Å². The predicted octanol–water partition coefficient (Wildman–Crippen LogP) is 4.37. The van der Waals surface area contributed by atoms with Crippen LogP contribution in [0.4, 0.5) is 15.8 Å². The maximum Gasteiger partial charge on any atom is 0.257 e. The van der Waals surface area contributed by atoms with Crippen LogP contribution >= 0.6 is 0 Å². The number of rotatable bonds is 8. The van der Waals surface area contributed by atoms with Crippen LogP contribution in [0.5, 0.6) is 11.5 Å². The molecule has 0 saturated carbocycles. The van der Waals surface area contributed by atoms with Gasteiger partial charge in [-0.05, 0) is 36.2 Å². The van der Waals surface area contributed by atoms with Gasteiger partial charge in [0.05, 0.1) is 38.3 Å². The van der Waals surface area contributed by atoms with Crippen LogP contribution in [0.3, 0.4) is 0 Å². The topological polar surface area (TPSA) is 84.9 Å². The molecule has 7 nitrogen and oxygen atoms in total. The molecule has 33 heavy (non-hydrogen) atoms. The van der Waals surface area contributed by atoms with E-state index in [0.29, 0.717) is 5.56 Å². The summed E-state index contributed by atoms with van der Waals surface area (Å²) in [6.07, 6.45) is 1.06. The summed E-state index contributed by atoms with van der Waals surface area (Å²) < 4.78 is 51.1. The van der Waals surface area contributed by atoms with Gasteiger partial charge in [0.15, 0.2) is 11.5 Å². The summed E-state index contributed by atoms with van der Waals surface area (Å²) in [5, 5.41) is 2.67. The first-order chi connectivity index (χ1) is 15.6. The minimum absolute atomic E-state index is 0.00553. The molecule has 1 N–H and O–H groups in total. The molecule has 174 valence electrons. The molecule has 0 aliphatic carbocycles. The molecule has 0 heterocycles. The van der Waals surface area contributed by atoms with Crippen molar-refractivity contribution in [2.24, 2.45) is 0 Å². The number of benzene rings is 3. The van der Waals surface area contributed by atoms with Gasteiger partial charge in [0.25, 0.3) is 5.91 Å². The molecule has 0 radical (unpaired) electrons. The predicted molar refractivity (Wildman–Crippen MR) is 126 cm³/mol. The summed E-state index contributed by atoms with van der Waals surface area (Å²) >= 11 is 0. The number of amides is 1. The number of aryl methyl sites for hydroxylation is 1. The first kappa shape index (κ1) is 24.1. The third-order valence-corrected chi connectivity index (χ3v) is 6.16. The van der Waals surface area contributed by atoms with E-state index in [9.17, 15) is 17.6 Å². The number of sulfonamides is 1. The molecule has 0 saturated heterocycles. The second-order valence-corrected chi connectivity index (χ2v) is 9.30. The van der Waals surface area contributed by atoms with Gasteiger partial charge in [0, 0.05) is 11.8 Å². The average molecular weight is 473 g/mol. The number of ether oxygens (including phenoxy) is 2. The van der Waals surface area contributed by atoms with Crippen molar-refractivity contribution in [3.8, 4) is 11.5 Å². The zero-order chi connectivity index (χ0) is 24.2. The number of hydrogen-bond donors (Lipinski definition) is 1. The van der Waals surface area contributed by atoms with Crippen molar-refractivity contribution >= 4 is 27.3 Å². The van der Waals surface area contributed by atoms with E-state index in [1.807, 2.05) is 6.07 Å². The molecule has 0 aliphatic rings. The number of anilines is 2. The van der Waals surface area contributed by atoms with E-state index in [1.165, 1.54) is 38.5 Å². The Labute approximate surface area is 192 Å². The summed E-state index contributed by atoms with van der Waals surface area (Å²) in [7, 11) is -0.980. The number of carbonyl (C=O) groups is 1. The molecule has 3 rings (SSSR count). The molecule has 3 aromatic carbocycles. The van der Waals surface area contributed by atoms with E-state index >= 15 is 0 Å². The van der Waals surface area contributed by atoms with E-state index in [-0.39, 0.29) is 35.0 Å². The molecular formula is C24H25FN2O5S. The zero-order valence-corrected chi connectivity index (χ0v) is 19.6. The summed E-state index contributed by atoms with van der Waals surface area (Å²) in [5.74, 6) is -0.630. The molecule has 0 spiro atoms. The smallest absolute Gasteiger partial charge is 0.257 e. The molecule has 0 aliphatic heterocycles. The van der Waals surface area contributed by atoms with Gasteiger partial charge in [-0.15, -0.1) is 0 Å². The van der Waals surface area contributed by atoms with Gasteiger partial charge in [-0.2, -0.15) is 0 Å². The Morgan fingerprint density at radius 1 is 1.00 bits per heavy atom. The lowest BCUT2D eigenvalue weighted by Crippen LogP contribution is -2.31. The monoisotopic (exact) mass is 472 g/mol. The van der Waals surface area contributed by atoms with Gasteiger partial charge in [0.1, 0.15) is 5.82 Å². The number of hydrogen-bond acceptors (Lipinski definition) is 5. The molecular weight excluding hydrogens is 447 g/mol. The van der Waals surface area contributed by atoms with Gasteiger partial charge in [-0.3, -0.25) is 9.10 Å². The van der Waals surface area contributed by atoms with Crippen LogP contribution < -0.4 is 19.1 Å². The Morgan fingerprint density at radius 2 is 1.64 bits per heavy atom. The van der Waals surface area contributed by atoms with E-state index < -0.39 is 21.7 Å². The van der Waals surface area contributed by atoms with Crippen molar-refractivity contribution in [1.82, 2.24) is 0 Å². The quantitative estimate of drug-likeness (QED) is 0.526. The second kappa shape index (κ2) is 9.91. The Balaban J connectivity index is 2.15. The summed E-state index contributed by atoms with van der Waals surface area (Å²) in [6.45, 7) is 1.72. The molecule has 0 aromatic heterocycles. The molecule has 0 fully saturated rings. The maximum absolute atomic E-state index is 13.7. The van der Waals surface area contributed by atoms with E-state index in [1.54, 1.807) is 37.3 Å². The minimum atomic E-state index is -3.81. The van der Waals surface area contributed by atoms with Gasteiger partial charge < -0.3 is 14.8 Å². The molecule has 3 aromatic rings. The van der Waals surface area contributed by atoms with Crippen molar-refractivity contribution in [3.63, 3.8) is 0 Å². The summed E-state index contributed by atoms with van der Waals surface area (Å²) in [4.78, 5) is 13.3. The zero-order valence-electron chi connectivity index (χ0n) is 18.8. The van der Waals surface area contributed by atoms with Gasteiger partial charge in [-0.25, -0.2) is 12.8 Å². The van der Waals surface area contributed by atoms with Crippen molar-refractivity contribution in [3.05, 3.63) is 83.2 Å². The first-order valence-corrected chi connectivity index (χ1v) is 11.8. The third kappa shape index (κ3) is 5.61. The first-order valence-electron chi connectivity index (χ1n) is 9.99. The molecule has 9 heteroatoms. The van der Waals surface area contributed by atoms with Crippen molar-refractivity contribution in [2.45, 2.75) is 13.5 Å². The lowest BCUT2D eigenvalue weighted by atomic mass is 10.1. The van der Waals surface area contributed by atoms with Crippen LogP contribution in [0.15, 0.2) is 60.7 Å². The van der Waals surface area contributed by atoms with Crippen LogP contribution in [0.1, 0.15) is 21.5 Å². The normalized spacial score (nSPS) is 11.1. The third-order valence-electron chi connectivity index (χ3n) is 5.03. The van der Waals surface area contributed by atoms with Crippen molar-refractivity contribution < 1.29 is 27.1 Å². The Kier molecular flexibility index (Phi) is 7.23. The van der Waals surface area contributed by atoms with Gasteiger partial charge in [0.2, 0.25) is 10.0 Å². The fourth-order valence-corrected chi connectivity index (χ4v) is 4.20. The summed E-state index contributed by atoms with van der Waals surface area (Å²) in [6, 6.07) is 15.9. The molecule has 0 bridgehead atoms. The van der Waals surface area contributed by atoms with Crippen LogP contribution in [0, 0.1) is 12.7 Å². The highest BCUT2D eigenvalue weighted by Crippen LogP contribution is 2.37. The van der Waals surface area contributed by atoms with E-state index in [0.717, 1.165) is 16.1 Å². The fourth-order valence-electron chi connectivity index (χ4n) is 3.31. The standard InChI is InChI=1S/C24H25FN2O5S/c1-16-10-11-18(25)12-20(16)26-24(28)19-13-22(31-2)23(32-3)14-21(19)27(33(4,29)30)15-17-8-6-5-7-9-17/h5-14H,15H2,1-4H3,(H,26,28). The van der Waals surface area contributed by atoms with E-state index in [4.69, 9.17) is 9.47 Å². The number of nitrogens with zero attached hydrogens (tertiary/aromatic N) is 1.